The molecule has 0 saturated heterocycles. The normalized spacial score (nSPS) is 11.7. The van der Waals surface area contributed by atoms with E-state index in [0.29, 0.717) is 6.42 Å². The summed E-state index contributed by atoms with van der Waals surface area (Å²) in [6, 6.07) is 8.19. The van der Waals surface area contributed by atoms with Crippen LogP contribution in [0.3, 0.4) is 0 Å². The molecule has 1 atom stereocenters. The number of ether oxygens (including phenoxy) is 1. The first-order chi connectivity index (χ1) is 11.0. The van der Waals surface area contributed by atoms with Crippen molar-refractivity contribution in [3.63, 3.8) is 0 Å². The predicted molar refractivity (Wildman–Crippen MR) is 82.7 cm³/mol. The highest BCUT2D eigenvalue weighted by molar-refractivity contribution is 5.79. The van der Waals surface area contributed by atoms with Gasteiger partial charge in [-0.3, -0.25) is 4.68 Å². The number of carboxylic acids is 1. The van der Waals surface area contributed by atoms with Crippen molar-refractivity contribution in [1.29, 1.82) is 0 Å². The molecule has 7 nitrogen and oxygen atoms in total. The Balaban J connectivity index is 1.81. The molecule has 7 heteroatoms. The summed E-state index contributed by atoms with van der Waals surface area (Å²) in [7, 11) is 1.79. The van der Waals surface area contributed by atoms with E-state index in [0.717, 1.165) is 11.1 Å². The lowest BCUT2D eigenvalue weighted by atomic mass is 10.1. The minimum Gasteiger partial charge on any atom is -0.480 e. The van der Waals surface area contributed by atoms with E-state index in [-0.39, 0.29) is 13.0 Å². The van der Waals surface area contributed by atoms with Crippen LogP contribution in [0.5, 0.6) is 0 Å². The van der Waals surface area contributed by atoms with Crippen LogP contribution in [0.25, 0.3) is 0 Å². The number of aromatic nitrogens is 2. The largest absolute Gasteiger partial charge is 0.480 e. The van der Waals surface area contributed by atoms with Gasteiger partial charge in [-0.2, -0.15) is 5.10 Å². The molecule has 1 aromatic carbocycles. The van der Waals surface area contributed by atoms with Gasteiger partial charge in [-0.25, -0.2) is 9.59 Å². The van der Waals surface area contributed by atoms with Crippen LogP contribution in [-0.4, -0.2) is 33.0 Å². The van der Waals surface area contributed by atoms with Crippen LogP contribution < -0.4 is 5.32 Å². The maximum Gasteiger partial charge on any atom is 0.408 e. The first-order valence-electron chi connectivity index (χ1n) is 7.22. The van der Waals surface area contributed by atoms with E-state index in [1.54, 1.807) is 17.9 Å². The molecule has 1 heterocycles. The molecular weight excluding hydrogens is 298 g/mol. The molecule has 0 aliphatic carbocycles. The third-order valence-electron chi connectivity index (χ3n) is 3.28. The fraction of sp³-hybridized carbons (Fsp3) is 0.312. The highest BCUT2D eigenvalue weighted by atomic mass is 16.5. The number of carbonyl (C=O) groups is 2. The summed E-state index contributed by atoms with van der Waals surface area (Å²) in [6.45, 7) is 0.0988. The second-order valence-electron chi connectivity index (χ2n) is 5.16. The van der Waals surface area contributed by atoms with Crippen molar-refractivity contribution in [3.05, 3.63) is 53.9 Å². The number of aryl methyl sites for hydroxylation is 2. The van der Waals surface area contributed by atoms with Gasteiger partial charge in [-0.15, -0.1) is 0 Å². The van der Waals surface area contributed by atoms with Gasteiger partial charge in [0.2, 0.25) is 0 Å². The summed E-state index contributed by atoms with van der Waals surface area (Å²) < 4.78 is 6.68. The van der Waals surface area contributed by atoms with Gasteiger partial charge in [-0.05, 0) is 24.0 Å². The molecule has 23 heavy (non-hydrogen) atoms. The van der Waals surface area contributed by atoms with Gasteiger partial charge >= 0.3 is 12.1 Å². The van der Waals surface area contributed by atoms with E-state index >= 15 is 0 Å². The van der Waals surface area contributed by atoms with E-state index in [9.17, 15) is 14.7 Å². The van der Waals surface area contributed by atoms with Crippen molar-refractivity contribution in [3.8, 4) is 0 Å². The Morgan fingerprint density at radius 1 is 1.30 bits per heavy atom. The van der Waals surface area contributed by atoms with Crippen molar-refractivity contribution < 1.29 is 19.4 Å². The lowest BCUT2D eigenvalue weighted by molar-refractivity contribution is -0.139. The molecule has 0 aliphatic heterocycles. The van der Waals surface area contributed by atoms with Crippen molar-refractivity contribution in [2.24, 2.45) is 7.05 Å². The first-order valence-corrected chi connectivity index (χ1v) is 7.22. The fourth-order valence-electron chi connectivity index (χ4n) is 2.08. The fourth-order valence-corrected chi connectivity index (χ4v) is 2.08. The average Bonchev–Trinajstić information content (AvgIpc) is 2.95. The average molecular weight is 317 g/mol. The third-order valence-corrected chi connectivity index (χ3v) is 3.28. The van der Waals surface area contributed by atoms with Crippen LogP contribution in [0.1, 0.15) is 17.5 Å². The van der Waals surface area contributed by atoms with Crippen LogP contribution in [0.2, 0.25) is 0 Å². The number of carboxylic acid groups (broad SMARTS) is 1. The standard InChI is InChI=1S/C16H19N3O4/c1-19-10-13(9-17-19)7-8-14(15(20)21)18-16(22)23-11-12-5-3-2-4-6-12/h2-6,9-10,14H,7-8,11H2,1H3,(H,18,22)(H,20,21). The van der Waals surface area contributed by atoms with E-state index < -0.39 is 18.1 Å². The molecule has 1 amide bonds. The SMILES string of the molecule is Cn1cc(CCC(NC(=O)OCc2ccccc2)C(=O)O)cn1. The number of alkyl carbamates (subject to hydrolysis) is 1. The maximum absolute atomic E-state index is 11.7. The number of rotatable bonds is 7. The summed E-state index contributed by atoms with van der Waals surface area (Å²) in [5, 5.41) is 15.6. The lowest BCUT2D eigenvalue weighted by Crippen LogP contribution is -2.41. The van der Waals surface area contributed by atoms with Gasteiger partial charge in [0.05, 0.1) is 6.20 Å². The highest BCUT2D eigenvalue weighted by Crippen LogP contribution is 2.06. The number of aliphatic carboxylic acids is 1. The smallest absolute Gasteiger partial charge is 0.408 e. The zero-order valence-electron chi connectivity index (χ0n) is 12.8. The van der Waals surface area contributed by atoms with Gasteiger partial charge in [0.25, 0.3) is 0 Å². The summed E-state index contributed by atoms with van der Waals surface area (Å²) in [6.07, 6.45) is 3.51. The monoisotopic (exact) mass is 317 g/mol. The van der Waals surface area contributed by atoms with Crippen molar-refractivity contribution >= 4 is 12.1 Å². The zero-order chi connectivity index (χ0) is 16.7. The molecule has 0 fully saturated rings. The first kappa shape index (κ1) is 16.5. The number of nitrogens with one attached hydrogen (secondary N) is 1. The Morgan fingerprint density at radius 3 is 2.65 bits per heavy atom. The lowest BCUT2D eigenvalue weighted by Gasteiger charge is -2.14. The van der Waals surface area contributed by atoms with Crippen LogP contribution in [0.4, 0.5) is 4.79 Å². The van der Waals surface area contributed by atoms with E-state index in [4.69, 9.17) is 4.74 Å². The Hall–Kier alpha value is -2.83. The maximum atomic E-state index is 11.7. The molecule has 1 unspecified atom stereocenters. The molecule has 122 valence electrons. The molecule has 0 saturated carbocycles. The highest BCUT2D eigenvalue weighted by Gasteiger charge is 2.20. The molecule has 0 bridgehead atoms. The van der Waals surface area contributed by atoms with Crippen LogP contribution in [-0.2, 0) is 29.6 Å². The van der Waals surface area contributed by atoms with E-state index in [1.807, 2.05) is 36.5 Å². The number of hydrogen-bond donors (Lipinski definition) is 2. The topological polar surface area (TPSA) is 93.5 Å². The summed E-state index contributed by atoms with van der Waals surface area (Å²) in [5.41, 5.74) is 1.75. The zero-order valence-corrected chi connectivity index (χ0v) is 12.8. The molecule has 2 rings (SSSR count). The van der Waals surface area contributed by atoms with Gasteiger partial charge in [0.1, 0.15) is 12.6 Å². The van der Waals surface area contributed by atoms with Crippen molar-refractivity contribution in [2.75, 3.05) is 0 Å². The molecule has 0 aliphatic rings. The number of benzene rings is 1. The van der Waals surface area contributed by atoms with Gasteiger partial charge in [0.15, 0.2) is 0 Å². The molecular formula is C16H19N3O4. The molecule has 0 spiro atoms. The minimum atomic E-state index is -1.09. The molecule has 2 aromatic rings. The second-order valence-corrected chi connectivity index (χ2v) is 5.16. The Kier molecular flexibility index (Phi) is 5.74. The van der Waals surface area contributed by atoms with Crippen LogP contribution in [0.15, 0.2) is 42.7 Å². The Bertz CT molecular complexity index is 654. The van der Waals surface area contributed by atoms with Gasteiger partial charge in [0, 0.05) is 13.2 Å². The van der Waals surface area contributed by atoms with Crippen LogP contribution in [0, 0.1) is 0 Å². The predicted octanol–water partition coefficient (Wildman–Crippen LogP) is 1.73. The number of carbonyl (C=O) groups excluding carboxylic acids is 1. The number of amides is 1. The minimum absolute atomic E-state index is 0.0988. The van der Waals surface area contributed by atoms with Gasteiger partial charge in [-0.1, -0.05) is 30.3 Å². The number of hydrogen-bond acceptors (Lipinski definition) is 4. The third kappa shape index (κ3) is 5.46. The van der Waals surface area contributed by atoms with Crippen molar-refractivity contribution in [1.82, 2.24) is 15.1 Å². The van der Waals surface area contributed by atoms with Crippen molar-refractivity contribution in [2.45, 2.75) is 25.5 Å². The van der Waals surface area contributed by atoms with Crippen LogP contribution >= 0.6 is 0 Å². The Labute approximate surface area is 133 Å². The van der Waals surface area contributed by atoms with Gasteiger partial charge < -0.3 is 15.2 Å². The molecule has 0 radical (unpaired) electrons. The number of nitrogens with zero attached hydrogens (tertiary/aromatic N) is 2. The van der Waals surface area contributed by atoms with E-state index in [1.165, 1.54) is 0 Å². The van der Waals surface area contributed by atoms with E-state index in [2.05, 4.69) is 10.4 Å². The summed E-state index contributed by atoms with van der Waals surface area (Å²) in [5.74, 6) is -1.09. The molecule has 2 N–H and O–H groups in total. The second kappa shape index (κ2) is 7.98. The summed E-state index contributed by atoms with van der Waals surface area (Å²) >= 11 is 0. The Morgan fingerprint density at radius 2 is 2.04 bits per heavy atom. The molecule has 1 aromatic heterocycles. The quantitative estimate of drug-likeness (QED) is 0.811. The summed E-state index contributed by atoms with van der Waals surface area (Å²) in [4.78, 5) is 23.0.